The number of hydrogen-bond acceptors (Lipinski definition) is 4. The van der Waals surface area contributed by atoms with Crippen molar-refractivity contribution in [2.45, 2.75) is 19.6 Å². The van der Waals surface area contributed by atoms with E-state index in [2.05, 4.69) is 6.07 Å². The molecule has 0 aliphatic rings. The van der Waals surface area contributed by atoms with Gasteiger partial charge in [0.15, 0.2) is 0 Å². The minimum absolute atomic E-state index is 0.0864. The van der Waals surface area contributed by atoms with Gasteiger partial charge in [-0.3, -0.25) is 0 Å². The Hall–Kier alpha value is -2.51. The number of ether oxygens (including phenoxy) is 2. The summed E-state index contributed by atoms with van der Waals surface area (Å²) in [6, 6.07) is 15.1. The molecule has 2 N–H and O–H groups in total. The third-order valence-corrected chi connectivity index (χ3v) is 3.19. The lowest BCUT2D eigenvalue weighted by Gasteiger charge is -2.14. The number of nitrogens with zero attached hydrogens (tertiary/aromatic N) is 1. The van der Waals surface area contributed by atoms with E-state index in [1.165, 1.54) is 0 Å². The molecule has 21 heavy (non-hydrogen) atoms. The Labute approximate surface area is 124 Å². The van der Waals surface area contributed by atoms with Crippen LogP contribution in [-0.4, -0.2) is 7.11 Å². The summed E-state index contributed by atoms with van der Waals surface area (Å²) in [5.41, 5.74) is 8.35. The largest absolute Gasteiger partial charge is 0.495 e. The maximum absolute atomic E-state index is 8.97. The number of hydrogen-bond donors (Lipinski definition) is 1. The van der Waals surface area contributed by atoms with E-state index < -0.39 is 0 Å². The van der Waals surface area contributed by atoms with Crippen LogP contribution in [0.3, 0.4) is 0 Å². The van der Waals surface area contributed by atoms with E-state index in [1.54, 1.807) is 13.2 Å². The molecule has 0 aliphatic carbocycles. The smallest absolute Gasteiger partial charge is 0.137 e. The van der Waals surface area contributed by atoms with Gasteiger partial charge in [0, 0.05) is 11.6 Å². The molecule has 4 nitrogen and oxygen atoms in total. The zero-order valence-electron chi connectivity index (χ0n) is 12.2. The maximum atomic E-state index is 8.97. The molecule has 0 unspecified atom stereocenters. The number of para-hydroxylation sites is 1. The Bertz CT molecular complexity index is 660. The second kappa shape index (κ2) is 6.78. The summed E-state index contributed by atoms with van der Waals surface area (Å²) in [7, 11) is 1.55. The number of rotatable bonds is 5. The van der Waals surface area contributed by atoms with E-state index in [4.69, 9.17) is 20.5 Å². The van der Waals surface area contributed by atoms with Gasteiger partial charge in [-0.1, -0.05) is 24.3 Å². The van der Waals surface area contributed by atoms with E-state index >= 15 is 0 Å². The van der Waals surface area contributed by atoms with Crippen molar-refractivity contribution in [1.29, 1.82) is 5.26 Å². The Balaban J connectivity index is 2.16. The molecule has 2 aromatic carbocycles. The van der Waals surface area contributed by atoms with Gasteiger partial charge in [0.1, 0.15) is 24.2 Å². The van der Waals surface area contributed by atoms with Crippen molar-refractivity contribution in [2.75, 3.05) is 7.11 Å². The molecule has 0 heterocycles. The van der Waals surface area contributed by atoms with Crippen molar-refractivity contribution in [1.82, 2.24) is 0 Å². The molecular formula is C17H18N2O2. The summed E-state index contributed by atoms with van der Waals surface area (Å²) < 4.78 is 11.0. The van der Waals surface area contributed by atoms with Crippen molar-refractivity contribution in [2.24, 2.45) is 5.73 Å². The van der Waals surface area contributed by atoms with Crippen molar-refractivity contribution in [3.05, 3.63) is 59.2 Å². The first-order valence-electron chi connectivity index (χ1n) is 6.70. The van der Waals surface area contributed by atoms with Crippen LogP contribution in [0.5, 0.6) is 11.5 Å². The highest BCUT2D eigenvalue weighted by Gasteiger charge is 2.08. The first kappa shape index (κ1) is 14.9. The van der Waals surface area contributed by atoms with Crippen molar-refractivity contribution in [3.8, 4) is 17.6 Å². The summed E-state index contributed by atoms with van der Waals surface area (Å²) in [5, 5.41) is 8.97. The highest BCUT2D eigenvalue weighted by molar-refractivity contribution is 5.45. The number of nitrogens with two attached hydrogens (primary N) is 1. The molecule has 108 valence electrons. The number of nitriles is 1. The fraction of sp³-hybridized carbons (Fsp3) is 0.235. The van der Waals surface area contributed by atoms with Gasteiger partial charge >= 0.3 is 0 Å². The normalized spacial score (nSPS) is 11.5. The van der Waals surface area contributed by atoms with Crippen LogP contribution in [0.1, 0.15) is 29.7 Å². The SMILES string of the molecule is COc1cc(COc2ccccc2[C@@H](C)N)ccc1C#N. The Morgan fingerprint density at radius 1 is 1.19 bits per heavy atom. The van der Waals surface area contributed by atoms with Gasteiger partial charge in [-0.15, -0.1) is 0 Å². The molecule has 0 aliphatic heterocycles. The lowest BCUT2D eigenvalue weighted by molar-refractivity contribution is 0.300. The van der Waals surface area contributed by atoms with Crippen LogP contribution >= 0.6 is 0 Å². The summed E-state index contributed by atoms with van der Waals surface area (Å²) in [6.07, 6.45) is 0. The molecule has 0 fully saturated rings. The highest BCUT2D eigenvalue weighted by Crippen LogP contribution is 2.25. The van der Waals surface area contributed by atoms with Crippen LogP contribution in [0.25, 0.3) is 0 Å². The topological polar surface area (TPSA) is 68.3 Å². The maximum Gasteiger partial charge on any atom is 0.137 e. The van der Waals surface area contributed by atoms with Gasteiger partial charge in [0.05, 0.1) is 12.7 Å². The second-order valence-corrected chi connectivity index (χ2v) is 4.76. The third-order valence-electron chi connectivity index (χ3n) is 3.19. The van der Waals surface area contributed by atoms with Crippen LogP contribution < -0.4 is 15.2 Å². The van der Waals surface area contributed by atoms with Gasteiger partial charge in [-0.05, 0) is 30.7 Å². The van der Waals surface area contributed by atoms with Crippen LogP contribution in [0.15, 0.2) is 42.5 Å². The Morgan fingerprint density at radius 3 is 2.62 bits per heavy atom. The van der Waals surface area contributed by atoms with Gasteiger partial charge in [0.25, 0.3) is 0 Å². The fourth-order valence-electron chi connectivity index (χ4n) is 2.07. The molecule has 4 heteroatoms. The van der Waals surface area contributed by atoms with Crippen molar-refractivity contribution in [3.63, 3.8) is 0 Å². The second-order valence-electron chi connectivity index (χ2n) is 4.76. The molecule has 0 aromatic heterocycles. The summed E-state index contributed by atoms with van der Waals surface area (Å²) in [5.74, 6) is 1.33. The number of methoxy groups -OCH3 is 1. The van der Waals surface area contributed by atoms with Gasteiger partial charge < -0.3 is 15.2 Å². The van der Waals surface area contributed by atoms with Crippen molar-refractivity contribution < 1.29 is 9.47 Å². The zero-order valence-corrected chi connectivity index (χ0v) is 12.2. The third kappa shape index (κ3) is 3.53. The zero-order chi connectivity index (χ0) is 15.2. The molecule has 0 saturated carbocycles. The summed E-state index contributed by atoms with van der Waals surface area (Å²) in [4.78, 5) is 0. The van der Waals surface area contributed by atoms with E-state index in [0.29, 0.717) is 17.9 Å². The lowest BCUT2D eigenvalue weighted by Crippen LogP contribution is -2.08. The quantitative estimate of drug-likeness (QED) is 0.914. The molecule has 0 amide bonds. The molecule has 0 spiro atoms. The van der Waals surface area contributed by atoms with Crippen molar-refractivity contribution >= 4 is 0 Å². The van der Waals surface area contributed by atoms with E-state index in [-0.39, 0.29) is 6.04 Å². The minimum Gasteiger partial charge on any atom is -0.495 e. The highest BCUT2D eigenvalue weighted by atomic mass is 16.5. The van der Waals surface area contributed by atoms with Gasteiger partial charge in [-0.2, -0.15) is 5.26 Å². The van der Waals surface area contributed by atoms with E-state index in [9.17, 15) is 0 Å². The first-order valence-corrected chi connectivity index (χ1v) is 6.70. The van der Waals surface area contributed by atoms with Crippen LogP contribution in [0.4, 0.5) is 0 Å². The molecule has 2 aromatic rings. The Morgan fingerprint density at radius 2 is 1.95 bits per heavy atom. The molecule has 0 bridgehead atoms. The average molecular weight is 282 g/mol. The standard InChI is InChI=1S/C17H18N2O2/c1-12(19)15-5-3-4-6-16(15)21-11-13-7-8-14(10-18)17(9-13)20-2/h3-9,12H,11,19H2,1-2H3/t12-/m1/s1. The average Bonchev–Trinajstić information content (AvgIpc) is 2.52. The van der Waals surface area contributed by atoms with Crippen LogP contribution in [0, 0.1) is 11.3 Å². The molecule has 1 atom stereocenters. The van der Waals surface area contributed by atoms with Gasteiger partial charge in [0.2, 0.25) is 0 Å². The summed E-state index contributed by atoms with van der Waals surface area (Å²) >= 11 is 0. The predicted octanol–water partition coefficient (Wildman–Crippen LogP) is 3.17. The first-order chi connectivity index (χ1) is 10.2. The minimum atomic E-state index is -0.0864. The predicted molar refractivity (Wildman–Crippen MR) is 81.1 cm³/mol. The molecular weight excluding hydrogens is 264 g/mol. The molecule has 0 radical (unpaired) electrons. The molecule has 2 rings (SSSR count). The molecule has 0 saturated heterocycles. The van der Waals surface area contributed by atoms with Gasteiger partial charge in [-0.25, -0.2) is 0 Å². The van der Waals surface area contributed by atoms with E-state index in [1.807, 2.05) is 43.3 Å². The van der Waals surface area contributed by atoms with E-state index in [0.717, 1.165) is 16.9 Å². The lowest BCUT2D eigenvalue weighted by atomic mass is 10.1. The van der Waals surface area contributed by atoms with Crippen LogP contribution in [-0.2, 0) is 6.61 Å². The fourth-order valence-corrected chi connectivity index (χ4v) is 2.07. The number of benzene rings is 2. The summed E-state index contributed by atoms with van der Waals surface area (Å²) in [6.45, 7) is 2.32. The monoisotopic (exact) mass is 282 g/mol. The Kier molecular flexibility index (Phi) is 4.81. The van der Waals surface area contributed by atoms with Crippen LogP contribution in [0.2, 0.25) is 0 Å².